The number of anilines is 1. The van der Waals surface area contributed by atoms with E-state index >= 15 is 0 Å². The average molecular weight is 296 g/mol. The van der Waals surface area contributed by atoms with Gasteiger partial charge in [0.2, 0.25) is 0 Å². The minimum absolute atomic E-state index is 0.437. The summed E-state index contributed by atoms with van der Waals surface area (Å²) in [5, 5.41) is 4.14. The molecule has 1 aromatic rings. The lowest BCUT2D eigenvalue weighted by Crippen LogP contribution is -2.31. The molecule has 0 unspecified atom stereocenters. The van der Waals surface area contributed by atoms with E-state index in [0.29, 0.717) is 18.0 Å². The summed E-state index contributed by atoms with van der Waals surface area (Å²) in [6.07, 6.45) is 2.58. The number of nitrogens with zero attached hydrogens (tertiary/aromatic N) is 2. The highest BCUT2D eigenvalue weighted by Gasteiger charge is 2.30. The first-order chi connectivity index (χ1) is 9.47. The number of rotatable bonds is 7. The van der Waals surface area contributed by atoms with Crippen LogP contribution in [0.4, 0.5) is 5.82 Å². The summed E-state index contributed by atoms with van der Waals surface area (Å²) < 4.78 is 0. The second-order valence-corrected chi connectivity index (χ2v) is 6.82. The number of pyridine rings is 1. The van der Waals surface area contributed by atoms with Crippen LogP contribution < -0.4 is 10.2 Å². The van der Waals surface area contributed by atoms with Crippen LogP contribution in [0.15, 0.2) is 12.1 Å². The summed E-state index contributed by atoms with van der Waals surface area (Å²) in [5.41, 5.74) is 0.951. The molecule has 0 spiro atoms. The van der Waals surface area contributed by atoms with Crippen molar-refractivity contribution in [3.63, 3.8) is 0 Å². The zero-order chi connectivity index (χ0) is 14.7. The average Bonchev–Trinajstić information content (AvgIpc) is 3.19. The molecule has 1 saturated carbocycles. The van der Waals surface area contributed by atoms with Crippen molar-refractivity contribution in [2.24, 2.45) is 5.92 Å². The molecule has 2 rings (SSSR count). The van der Waals surface area contributed by atoms with Gasteiger partial charge in [0.15, 0.2) is 0 Å². The van der Waals surface area contributed by atoms with Crippen molar-refractivity contribution in [2.75, 3.05) is 11.4 Å². The lowest BCUT2D eigenvalue weighted by Gasteiger charge is -2.26. The summed E-state index contributed by atoms with van der Waals surface area (Å²) >= 11 is 6.26. The lowest BCUT2D eigenvalue weighted by molar-refractivity contribution is 0.577. The highest BCUT2D eigenvalue weighted by molar-refractivity contribution is 6.31. The third kappa shape index (κ3) is 4.35. The molecule has 0 aliphatic heterocycles. The van der Waals surface area contributed by atoms with Gasteiger partial charge in [-0.05, 0) is 30.9 Å². The zero-order valence-corrected chi connectivity index (χ0v) is 13.7. The zero-order valence-electron chi connectivity index (χ0n) is 13.0. The molecule has 3 nitrogen and oxygen atoms in total. The molecule has 112 valence electrons. The van der Waals surface area contributed by atoms with Gasteiger partial charge in [-0.1, -0.05) is 39.3 Å². The van der Waals surface area contributed by atoms with E-state index in [2.05, 4.69) is 44.0 Å². The van der Waals surface area contributed by atoms with E-state index in [-0.39, 0.29) is 0 Å². The molecular formula is C16H26ClN3. The van der Waals surface area contributed by atoms with Gasteiger partial charge >= 0.3 is 0 Å². The Kier molecular flexibility index (Phi) is 5.28. The first kappa shape index (κ1) is 15.6. The topological polar surface area (TPSA) is 28.2 Å². The highest BCUT2D eigenvalue weighted by atomic mass is 35.5. The molecule has 0 radical (unpaired) electrons. The number of hydrogen-bond donors (Lipinski definition) is 1. The molecule has 0 saturated heterocycles. The predicted octanol–water partition coefficient (Wildman–Crippen LogP) is 3.86. The second kappa shape index (κ2) is 6.77. The van der Waals surface area contributed by atoms with E-state index in [1.165, 1.54) is 12.8 Å². The van der Waals surface area contributed by atoms with Gasteiger partial charge in [0.1, 0.15) is 5.82 Å². The largest absolute Gasteiger partial charge is 0.353 e. The van der Waals surface area contributed by atoms with Crippen molar-refractivity contribution in [3.8, 4) is 0 Å². The number of nitrogens with one attached hydrogen (secondary N) is 1. The van der Waals surface area contributed by atoms with Gasteiger partial charge in [0, 0.05) is 25.2 Å². The fraction of sp³-hybridized carbons (Fsp3) is 0.688. The maximum absolute atomic E-state index is 6.26. The molecule has 1 fully saturated rings. The van der Waals surface area contributed by atoms with Crippen molar-refractivity contribution in [1.29, 1.82) is 0 Å². The van der Waals surface area contributed by atoms with Gasteiger partial charge in [-0.2, -0.15) is 0 Å². The van der Waals surface area contributed by atoms with Crippen LogP contribution in [-0.4, -0.2) is 23.6 Å². The fourth-order valence-corrected chi connectivity index (χ4v) is 2.44. The Morgan fingerprint density at radius 1 is 1.30 bits per heavy atom. The van der Waals surface area contributed by atoms with Crippen LogP contribution in [-0.2, 0) is 6.54 Å². The molecule has 1 heterocycles. The van der Waals surface area contributed by atoms with Crippen LogP contribution in [0.1, 0.15) is 46.2 Å². The monoisotopic (exact) mass is 295 g/mol. The Balaban J connectivity index is 2.15. The molecule has 20 heavy (non-hydrogen) atoms. The van der Waals surface area contributed by atoms with Gasteiger partial charge in [0.25, 0.3) is 0 Å². The normalized spacial score (nSPS) is 15.2. The van der Waals surface area contributed by atoms with E-state index in [0.717, 1.165) is 29.6 Å². The molecule has 1 aromatic heterocycles. The molecule has 1 N–H and O–H groups in total. The first-order valence-electron chi connectivity index (χ1n) is 7.62. The van der Waals surface area contributed by atoms with Gasteiger partial charge < -0.3 is 10.2 Å². The van der Waals surface area contributed by atoms with E-state index in [4.69, 9.17) is 16.6 Å². The van der Waals surface area contributed by atoms with Crippen LogP contribution in [0, 0.1) is 5.92 Å². The SMILES string of the molecule is CC(C)CN(c1ccc(Cl)c(CNC(C)C)n1)C1CC1. The molecule has 4 heteroatoms. The Bertz CT molecular complexity index is 441. The molecule has 0 amide bonds. The summed E-state index contributed by atoms with van der Waals surface area (Å²) in [5.74, 6) is 1.72. The van der Waals surface area contributed by atoms with E-state index in [1.807, 2.05) is 6.07 Å². The minimum Gasteiger partial charge on any atom is -0.353 e. The maximum Gasteiger partial charge on any atom is 0.129 e. The standard InChI is InChI=1S/C16H26ClN3/c1-11(2)10-20(13-5-6-13)16-8-7-14(17)15(19-16)9-18-12(3)4/h7-8,11-13,18H,5-6,9-10H2,1-4H3. The van der Waals surface area contributed by atoms with Gasteiger partial charge in [-0.25, -0.2) is 4.98 Å². The number of halogens is 1. The minimum atomic E-state index is 0.437. The van der Waals surface area contributed by atoms with Crippen molar-refractivity contribution < 1.29 is 0 Å². The van der Waals surface area contributed by atoms with Gasteiger partial charge in [-0.15, -0.1) is 0 Å². The third-order valence-electron chi connectivity index (χ3n) is 3.43. The predicted molar refractivity (Wildman–Crippen MR) is 86.4 cm³/mol. The van der Waals surface area contributed by atoms with Crippen molar-refractivity contribution in [2.45, 2.75) is 59.2 Å². The van der Waals surface area contributed by atoms with Crippen molar-refractivity contribution in [1.82, 2.24) is 10.3 Å². The Hall–Kier alpha value is -0.800. The molecule has 0 atom stereocenters. The van der Waals surface area contributed by atoms with E-state index in [1.54, 1.807) is 0 Å². The fourth-order valence-electron chi connectivity index (χ4n) is 2.27. The van der Waals surface area contributed by atoms with Gasteiger partial charge in [0.05, 0.1) is 10.7 Å². The highest BCUT2D eigenvalue weighted by Crippen LogP contribution is 2.32. The Morgan fingerprint density at radius 2 is 2.00 bits per heavy atom. The molecule has 1 aliphatic rings. The van der Waals surface area contributed by atoms with Crippen molar-refractivity contribution >= 4 is 17.4 Å². The van der Waals surface area contributed by atoms with Crippen LogP contribution in [0.25, 0.3) is 0 Å². The maximum atomic E-state index is 6.26. The van der Waals surface area contributed by atoms with Crippen LogP contribution in [0.2, 0.25) is 5.02 Å². The summed E-state index contributed by atoms with van der Waals surface area (Å²) in [7, 11) is 0. The van der Waals surface area contributed by atoms with Crippen LogP contribution in [0.5, 0.6) is 0 Å². The summed E-state index contributed by atoms with van der Waals surface area (Å²) in [4.78, 5) is 7.23. The molecule has 1 aliphatic carbocycles. The van der Waals surface area contributed by atoms with Crippen LogP contribution >= 0.6 is 11.6 Å². The lowest BCUT2D eigenvalue weighted by atomic mass is 10.2. The quantitative estimate of drug-likeness (QED) is 0.828. The molecular weight excluding hydrogens is 270 g/mol. The smallest absolute Gasteiger partial charge is 0.129 e. The Morgan fingerprint density at radius 3 is 2.55 bits per heavy atom. The molecule has 0 bridgehead atoms. The first-order valence-corrected chi connectivity index (χ1v) is 8.00. The Labute approximate surface area is 127 Å². The van der Waals surface area contributed by atoms with E-state index in [9.17, 15) is 0 Å². The van der Waals surface area contributed by atoms with Gasteiger partial charge in [-0.3, -0.25) is 0 Å². The molecule has 0 aromatic carbocycles. The van der Waals surface area contributed by atoms with E-state index < -0.39 is 0 Å². The second-order valence-electron chi connectivity index (χ2n) is 6.41. The summed E-state index contributed by atoms with van der Waals surface area (Å²) in [6.45, 7) is 10.6. The number of hydrogen-bond acceptors (Lipinski definition) is 3. The van der Waals surface area contributed by atoms with Crippen molar-refractivity contribution in [3.05, 3.63) is 22.8 Å². The third-order valence-corrected chi connectivity index (χ3v) is 3.77. The van der Waals surface area contributed by atoms with Crippen LogP contribution in [0.3, 0.4) is 0 Å². The number of aromatic nitrogens is 1. The summed E-state index contributed by atoms with van der Waals surface area (Å²) in [6, 6.07) is 5.16.